The van der Waals surface area contributed by atoms with E-state index in [1.54, 1.807) is 13.2 Å². The Morgan fingerprint density at radius 1 is 1.42 bits per heavy atom. The summed E-state index contributed by atoms with van der Waals surface area (Å²) in [5.74, 6) is 0.928. The van der Waals surface area contributed by atoms with Crippen molar-refractivity contribution in [2.24, 2.45) is 0 Å². The quantitative estimate of drug-likeness (QED) is 0.793. The van der Waals surface area contributed by atoms with Crippen molar-refractivity contribution in [1.29, 1.82) is 0 Å². The molecule has 2 rings (SSSR count). The summed E-state index contributed by atoms with van der Waals surface area (Å²) in [6.45, 7) is 1.56. The Morgan fingerprint density at radius 3 is 2.89 bits per heavy atom. The Kier molecular flexibility index (Phi) is 4.86. The molecule has 1 aliphatic rings. The van der Waals surface area contributed by atoms with Crippen LogP contribution in [0.2, 0.25) is 5.02 Å². The fraction of sp³-hybridized carbons (Fsp3) is 0.400. The van der Waals surface area contributed by atoms with Gasteiger partial charge >= 0.3 is 0 Å². The molecule has 0 spiro atoms. The minimum Gasteiger partial charge on any atom is -0.497 e. The molecule has 0 aliphatic carbocycles. The lowest BCUT2D eigenvalue weighted by atomic mass is 10.1. The van der Waals surface area contributed by atoms with Crippen molar-refractivity contribution in [3.8, 4) is 5.75 Å². The zero-order valence-corrected chi connectivity index (χ0v) is 11.8. The minimum atomic E-state index is 0.191. The van der Waals surface area contributed by atoms with Crippen LogP contribution in [-0.4, -0.2) is 31.0 Å². The Hall–Kier alpha value is -1.48. The van der Waals surface area contributed by atoms with Gasteiger partial charge in [-0.2, -0.15) is 0 Å². The first-order valence-corrected chi connectivity index (χ1v) is 6.83. The summed E-state index contributed by atoms with van der Waals surface area (Å²) in [6, 6.07) is 5.57. The van der Waals surface area contributed by atoms with Gasteiger partial charge in [0.15, 0.2) is 0 Å². The molecular formula is C15H18ClNO2. The monoisotopic (exact) mass is 279 g/mol. The van der Waals surface area contributed by atoms with Crippen LogP contribution >= 0.6 is 11.6 Å². The molecule has 102 valence electrons. The van der Waals surface area contributed by atoms with Crippen molar-refractivity contribution in [2.75, 3.05) is 20.2 Å². The Labute approximate surface area is 118 Å². The second kappa shape index (κ2) is 6.62. The number of nitrogens with zero attached hydrogens (tertiary/aromatic N) is 1. The second-order valence-electron chi connectivity index (χ2n) is 4.56. The average Bonchev–Trinajstić information content (AvgIpc) is 2.46. The molecular weight excluding hydrogens is 262 g/mol. The molecule has 1 heterocycles. The van der Waals surface area contributed by atoms with Gasteiger partial charge in [-0.25, -0.2) is 0 Å². The number of carbonyl (C=O) groups is 1. The number of carbonyl (C=O) groups excluding carboxylic acids is 1. The highest BCUT2D eigenvalue weighted by atomic mass is 35.5. The molecule has 0 atom stereocenters. The second-order valence-corrected chi connectivity index (χ2v) is 4.96. The van der Waals surface area contributed by atoms with Crippen LogP contribution in [0.5, 0.6) is 5.75 Å². The third-order valence-corrected chi connectivity index (χ3v) is 3.63. The molecule has 0 fully saturated rings. The van der Waals surface area contributed by atoms with Gasteiger partial charge in [0.1, 0.15) is 5.75 Å². The Morgan fingerprint density at radius 2 is 2.26 bits per heavy atom. The van der Waals surface area contributed by atoms with E-state index in [1.165, 1.54) is 0 Å². The fourth-order valence-corrected chi connectivity index (χ4v) is 2.39. The van der Waals surface area contributed by atoms with E-state index in [1.807, 2.05) is 23.1 Å². The van der Waals surface area contributed by atoms with E-state index in [0.29, 0.717) is 17.9 Å². The SMILES string of the molecule is COc1ccc(CCC(=O)N2CC=CCC2)c(Cl)c1. The molecule has 3 nitrogen and oxygen atoms in total. The maximum atomic E-state index is 12.0. The van der Waals surface area contributed by atoms with Crippen LogP contribution in [-0.2, 0) is 11.2 Å². The van der Waals surface area contributed by atoms with Gasteiger partial charge in [0.05, 0.1) is 7.11 Å². The van der Waals surface area contributed by atoms with Gasteiger partial charge in [0.2, 0.25) is 5.91 Å². The highest BCUT2D eigenvalue weighted by Gasteiger charge is 2.14. The van der Waals surface area contributed by atoms with Crippen molar-refractivity contribution in [3.63, 3.8) is 0 Å². The number of hydrogen-bond acceptors (Lipinski definition) is 2. The van der Waals surface area contributed by atoms with Gasteiger partial charge < -0.3 is 9.64 Å². The summed E-state index contributed by atoms with van der Waals surface area (Å²) in [7, 11) is 1.61. The van der Waals surface area contributed by atoms with Crippen molar-refractivity contribution in [1.82, 2.24) is 4.90 Å². The summed E-state index contributed by atoms with van der Waals surface area (Å²) in [5, 5.41) is 0.658. The number of amides is 1. The Balaban J connectivity index is 1.91. The van der Waals surface area contributed by atoms with Gasteiger partial charge in [0, 0.05) is 24.5 Å². The predicted octanol–water partition coefficient (Wildman–Crippen LogP) is 3.07. The summed E-state index contributed by atoms with van der Waals surface area (Å²) in [4.78, 5) is 13.9. The van der Waals surface area contributed by atoms with Crippen LogP contribution in [0.3, 0.4) is 0 Å². The molecule has 1 aromatic rings. The van der Waals surface area contributed by atoms with Crippen molar-refractivity contribution >= 4 is 17.5 Å². The van der Waals surface area contributed by atoms with Gasteiger partial charge in [-0.05, 0) is 30.5 Å². The highest BCUT2D eigenvalue weighted by molar-refractivity contribution is 6.31. The molecule has 1 aromatic carbocycles. The molecule has 0 N–H and O–H groups in total. The largest absolute Gasteiger partial charge is 0.497 e. The smallest absolute Gasteiger partial charge is 0.223 e. The Bertz CT molecular complexity index is 485. The van der Waals surface area contributed by atoms with Crippen LogP contribution in [0.25, 0.3) is 0 Å². The summed E-state index contributed by atoms with van der Waals surface area (Å²) in [6.07, 6.45) is 6.28. The van der Waals surface area contributed by atoms with Crippen LogP contribution in [0, 0.1) is 0 Å². The summed E-state index contributed by atoms with van der Waals surface area (Å²) >= 11 is 6.16. The molecule has 4 heteroatoms. The lowest BCUT2D eigenvalue weighted by molar-refractivity contribution is -0.130. The molecule has 1 aliphatic heterocycles. The first-order valence-electron chi connectivity index (χ1n) is 6.46. The van der Waals surface area contributed by atoms with E-state index in [9.17, 15) is 4.79 Å². The predicted molar refractivity (Wildman–Crippen MR) is 76.7 cm³/mol. The maximum absolute atomic E-state index is 12.0. The van der Waals surface area contributed by atoms with E-state index in [-0.39, 0.29) is 5.91 Å². The molecule has 0 radical (unpaired) electrons. The molecule has 0 bridgehead atoms. The standard InChI is InChI=1S/C15H18ClNO2/c1-19-13-7-5-12(14(16)11-13)6-8-15(18)17-9-3-2-4-10-17/h2-3,5,7,11H,4,6,8-10H2,1H3. The first kappa shape index (κ1) is 13.9. The van der Waals surface area contributed by atoms with E-state index >= 15 is 0 Å². The van der Waals surface area contributed by atoms with Crippen molar-refractivity contribution < 1.29 is 9.53 Å². The molecule has 19 heavy (non-hydrogen) atoms. The molecule has 0 unspecified atom stereocenters. The van der Waals surface area contributed by atoms with Gasteiger partial charge in [-0.3, -0.25) is 4.79 Å². The van der Waals surface area contributed by atoms with Crippen LogP contribution in [0.1, 0.15) is 18.4 Å². The number of aryl methyl sites for hydroxylation is 1. The molecule has 0 aromatic heterocycles. The van der Waals surface area contributed by atoms with Gasteiger partial charge in [-0.1, -0.05) is 29.8 Å². The summed E-state index contributed by atoms with van der Waals surface area (Å²) < 4.78 is 5.10. The van der Waals surface area contributed by atoms with Crippen LogP contribution < -0.4 is 4.74 Å². The third kappa shape index (κ3) is 3.74. The topological polar surface area (TPSA) is 29.5 Å². The number of rotatable bonds is 4. The number of halogens is 1. The lowest BCUT2D eigenvalue weighted by Gasteiger charge is -2.23. The molecule has 0 saturated heterocycles. The number of ether oxygens (including phenoxy) is 1. The molecule has 1 amide bonds. The van der Waals surface area contributed by atoms with Gasteiger partial charge in [-0.15, -0.1) is 0 Å². The third-order valence-electron chi connectivity index (χ3n) is 3.28. The lowest BCUT2D eigenvalue weighted by Crippen LogP contribution is -2.33. The maximum Gasteiger partial charge on any atom is 0.223 e. The normalized spacial score (nSPS) is 14.5. The van der Waals surface area contributed by atoms with E-state index in [0.717, 1.165) is 30.8 Å². The highest BCUT2D eigenvalue weighted by Crippen LogP contribution is 2.23. The number of hydrogen-bond donors (Lipinski definition) is 0. The fourth-order valence-electron chi connectivity index (χ4n) is 2.13. The number of methoxy groups -OCH3 is 1. The first-order chi connectivity index (χ1) is 9.20. The number of benzene rings is 1. The summed E-state index contributed by atoms with van der Waals surface area (Å²) in [5.41, 5.74) is 0.989. The zero-order valence-electron chi connectivity index (χ0n) is 11.1. The van der Waals surface area contributed by atoms with Crippen LogP contribution in [0.15, 0.2) is 30.4 Å². The minimum absolute atomic E-state index is 0.191. The van der Waals surface area contributed by atoms with E-state index in [4.69, 9.17) is 16.3 Å². The van der Waals surface area contributed by atoms with E-state index < -0.39 is 0 Å². The van der Waals surface area contributed by atoms with Gasteiger partial charge in [0.25, 0.3) is 0 Å². The van der Waals surface area contributed by atoms with Crippen molar-refractivity contribution in [2.45, 2.75) is 19.3 Å². The zero-order chi connectivity index (χ0) is 13.7. The van der Waals surface area contributed by atoms with Crippen LogP contribution in [0.4, 0.5) is 0 Å². The average molecular weight is 280 g/mol. The molecule has 0 saturated carbocycles. The van der Waals surface area contributed by atoms with E-state index in [2.05, 4.69) is 6.08 Å². The van der Waals surface area contributed by atoms with Crippen molar-refractivity contribution in [3.05, 3.63) is 40.9 Å².